The second-order valence-corrected chi connectivity index (χ2v) is 7.02. The van der Waals surface area contributed by atoms with Crippen molar-refractivity contribution in [3.63, 3.8) is 0 Å². The second-order valence-electron chi connectivity index (χ2n) is 7.02. The van der Waals surface area contributed by atoms with Gasteiger partial charge in [-0.2, -0.15) is 0 Å². The first-order chi connectivity index (χ1) is 15.7. The van der Waals surface area contributed by atoms with Crippen LogP contribution in [0.25, 0.3) is 10.9 Å². The highest BCUT2D eigenvalue weighted by molar-refractivity contribution is 5.89. The molecule has 2 aliphatic rings. The van der Waals surface area contributed by atoms with Gasteiger partial charge in [0.25, 0.3) is 0 Å². The molecule has 0 atom stereocenters. The summed E-state index contributed by atoms with van der Waals surface area (Å²) in [5.74, 6) is 0.322. The molecule has 1 aromatic carbocycles. The first kappa shape index (κ1) is 14.0. The molecule has 3 aromatic rings. The predicted octanol–water partition coefficient (Wildman–Crippen LogP) is 3.79. The standard InChI is InChI=1S/C23H23FN4O/c1-27-22-6-9-25-14-21(22)20-5-4-18(12-23(20)27)28-10-7-19(8-11-28)29-15-17-3-2-16(24)13-26-17/h2-5,7-8,10,12-13,25H,6,9,11,14-15H2,1H3/i6D2,9D2. The van der Waals surface area contributed by atoms with Crippen molar-refractivity contribution < 1.29 is 14.6 Å². The molecule has 2 aromatic heterocycles. The van der Waals surface area contributed by atoms with Crippen LogP contribution in [0.3, 0.4) is 0 Å². The third-order valence-corrected chi connectivity index (χ3v) is 5.24. The van der Waals surface area contributed by atoms with E-state index in [1.807, 2.05) is 41.5 Å². The Bertz CT molecular complexity index is 1280. The zero-order valence-electron chi connectivity index (χ0n) is 19.9. The van der Waals surface area contributed by atoms with Crippen LogP contribution in [0.5, 0.6) is 0 Å². The average Bonchev–Trinajstić information content (AvgIpc) is 3.09. The van der Waals surface area contributed by atoms with E-state index in [1.54, 1.807) is 17.7 Å². The van der Waals surface area contributed by atoms with Crippen LogP contribution in [0.4, 0.5) is 10.1 Å². The van der Waals surface area contributed by atoms with Gasteiger partial charge in [-0.3, -0.25) is 4.98 Å². The van der Waals surface area contributed by atoms with Crippen molar-refractivity contribution in [2.24, 2.45) is 7.05 Å². The summed E-state index contributed by atoms with van der Waals surface area (Å²) >= 11 is 0. The van der Waals surface area contributed by atoms with Crippen LogP contribution in [0.1, 0.15) is 22.4 Å². The van der Waals surface area contributed by atoms with E-state index in [1.165, 1.54) is 12.3 Å². The molecule has 0 unspecified atom stereocenters. The van der Waals surface area contributed by atoms with E-state index in [9.17, 15) is 4.39 Å². The van der Waals surface area contributed by atoms with Gasteiger partial charge >= 0.3 is 0 Å². The topological polar surface area (TPSA) is 42.3 Å². The number of fused-ring (bicyclic) bond motifs is 3. The summed E-state index contributed by atoms with van der Waals surface area (Å²) in [6, 6.07) is 8.88. The number of hydrogen-bond acceptors (Lipinski definition) is 4. The number of rotatable bonds is 4. The van der Waals surface area contributed by atoms with Crippen molar-refractivity contribution in [2.45, 2.75) is 19.5 Å². The molecule has 0 aliphatic carbocycles. The Morgan fingerprint density at radius 3 is 3.03 bits per heavy atom. The lowest BCUT2D eigenvalue weighted by Crippen LogP contribution is -2.24. The predicted molar refractivity (Wildman–Crippen MR) is 112 cm³/mol. The van der Waals surface area contributed by atoms with Crippen molar-refractivity contribution in [2.75, 3.05) is 17.9 Å². The molecule has 0 radical (unpaired) electrons. The molecule has 0 amide bonds. The lowest BCUT2D eigenvalue weighted by atomic mass is 10.1. The number of aromatic nitrogens is 2. The van der Waals surface area contributed by atoms with E-state index in [-0.39, 0.29) is 19.0 Å². The summed E-state index contributed by atoms with van der Waals surface area (Å²) in [4.78, 5) is 6.03. The van der Waals surface area contributed by atoms with Gasteiger partial charge in [-0.05, 0) is 42.0 Å². The van der Waals surface area contributed by atoms with Crippen LogP contribution >= 0.6 is 0 Å². The maximum Gasteiger partial charge on any atom is 0.141 e. The number of hydrogen-bond donors (Lipinski definition) is 1. The van der Waals surface area contributed by atoms with E-state index in [0.29, 0.717) is 23.7 Å². The smallest absolute Gasteiger partial charge is 0.141 e. The Morgan fingerprint density at radius 1 is 1.31 bits per heavy atom. The molecule has 0 fully saturated rings. The van der Waals surface area contributed by atoms with E-state index in [4.69, 9.17) is 10.2 Å². The van der Waals surface area contributed by atoms with Crippen LogP contribution in [0, 0.1) is 5.82 Å². The highest BCUT2D eigenvalue weighted by Gasteiger charge is 2.19. The monoisotopic (exact) mass is 394 g/mol. The first-order valence-electron chi connectivity index (χ1n) is 11.4. The minimum atomic E-state index is -2.16. The van der Waals surface area contributed by atoms with Crippen molar-refractivity contribution in [1.82, 2.24) is 14.9 Å². The Morgan fingerprint density at radius 2 is 2.24 bits per heavy atom. The number of nitrogens with one attached hydrogen (secondary N) is 1. The molecule has 0 bridgehead atoms. The number of allylic oxidation sites excluding steroid dienone is 1. The average molecular weight is 394 g/mol. The first-order valence-corrected chi connectivity index (χ1v) is 9.42. The van der Waals surface area contributed by atoms with E-state index >= 15 is 0 Å². The van der Waals surface area contributed by atoms with Crippen LogP contribution in [0.15, 0.2) is 60.6 Å². The summed E-state index contributed by atoms with van der Waals surface area (Å²) in [5, 5.41) is 3.61. The lowest BCUT2D eigenvalue weighted by Gasteiger charge is -2.23. The van der Waals surface area contributed by atoms with Crippen LogP contribution < -0.4 is 10.2 Å². The van der Waals surface area contributed by atoms with Gasteiger partial charge in [0, 0.05) is 61.5 Å². The summed E-state index contributed by atoms with van der Waals surface area (Å²) in [6.07, 6.45) is 4.72. The number of aryl methyl sites for hydroxylation is 1. The third-order valence-electron chi connectivity index (χ3n) is 5.24. The Kier molecular flexibility index (Phi) is 3.55. The molecule has 29 heavy (non-hydrogen) atoms. The lowest BCUT2D eigenvalue weighted by molar-refractivity contribution is 0.205. The summed E-state index contributed by atoms with van der Waals surface area (Å²) in [5.41, 5.74) is 3.59. The van der Waals surface area contributed by atoms with Gasteiger partial charge in [-0.15, -0.1) is 0 Å². The molecule has 5 rings (SSSR count). The number of pyridine rings is 1. The molecule has 148 valence electrons. The minimum absolute atomic E-state index is 0.251. The maximum absolute atomic E-state index is 13.0. The Hall–Kier alpha value is -3.12. The molecule has 0 saturated carbocycles. The zero-order chi connectivity index (χ0) is 23.4. The van der Waals surface area contributed by atoms with E-state index < -0.39 is 12.9 Å². The zero-order valence-corrected chi connectivity index (χ0v) is 15.9. The molecule has 0 spiro atoms. The molecule has 1 N–H and O–H groups in total. The largest absolute Gasteiger partial charge is 0.488 e. The minimum Gasteiger partial charge on any atom is -0.488 e. The van der Waals surface area contributed by atoms with E-state index in [0.717, 1.165) is 22.2 Å². The number of benzene rings is 1. The van der Waals surface area contributed by atoms with Crippen molar-refractivity contribution in [3.05, 3.63) is 83.4 Å². The summed E-state index contributed by atoms with van der Waals surface area (Å²) in [7, 11) is 1.78. The number of anilines is 1. The Balaban J connectivity index is 1.36. The molecular formula is C23H23FN4O. The quantitative estimate of drug-likeness (QED) is 0.731. The van der Waals surface area contributed by atoms with Crippen molar-refractivity contribution >= 4 is 16.6 Å². The van der Waals surface area contributed by atoms with Gasteiger partial charge in [-0.1, -0.05) is 6.07 Å². The van der Waals surface area contributed by atoms with Crippen molar-refractivity contribution in [1.29, 1.82) is 0 Å². The second kappa shape index (κ2) is 7.37. The fourth-order valence-corrected chi connectivity index (χ4v) is 3.68. The highest BCUT2D eigenvalue weighted by atomic mass is 19.1. The summed E-state index contributed by atoms with van der Waals surface area (Å²) < 4.78 is 53.4. The van der Waals surface area contributed by atoms with Gasteiger partial charge in [0.2, 0.25) is 0 Å². The van der Waals surface area contributed by atoms with Gasteiger partial charge in [0.1, 0.15) is 18.2 Å². The van der Waals surface area contributed by atoms with Crippen molar-refractivity contribution in [3.8, 4) is 0 Å². The van der Waals surface area contributed by atoms with Gasteiger partial charge < -0.3 is 19.5 Å². The number of nitrogens with zero attached hydrogens (tertiary/aromatic N) is 3. The summed E-state index contributed by atoms with van der Waals surface area (Å²) in [6.45, 7) is -1.04. The molecule has 0 saturated heterocycles. The van der Waals surface area contributed by atoms with Crippen LogP contribution in [-0.4, -0.2) is 22.6 Å². The molecule has 2 aliphatic heterocycles. The van der Waals surface area contributed by atoms with Crippen LogP contribution in [0.2, 0.25) is 0 Å². The normalized spacial score (nSPS) is 21.6. The fourth-order valence-electron chi connectivity index (χ4n) is 3.68. The third kappa shape index (κ3) is 3.40. The maximum atomic E-state index is 13.0. The highest BCUT2D eigenvalue weighted by Crippen LogP contribution is 2.31. The number of halogens is 1. The molecule has 4 heterocycles. The number of ether oxygens (including phenoxy) is 1. The van der Waals surface area contributed by atoms with Gasteiger partial charge in [-0.25, -0.2) is 4.39 Å². The van der Waals surface area contributed by atoms with E-state index in [2.05, 4.69) is 10.3 Å². The van der Waals surface area contributed by atoms with Gasteiger partial charge in [0.15, 0.2) is 0 Å². The molecular weight excluding hydrogens is 367 g/mol. The molecule has 6 heteroatoms. The van der Waals surface area contributed by atoms with Crippen LogP contribution in [-0.2, 0) is 31.3 Å². The fraction of sp³-hybridized carbons (Fsp3) is 0.261. The van der Waals surface area contributed by atoms with Gasteiger partial charge in [0.05, 0.1) is 17.4 Å². The SMILES string of the molecule is [2H]C1([2H])NCc2c(n(C)c3cc(N4C=CC(OCc5ccc(F)cn5)=CC4)ccc23)C1([2H])[2H]. The molecule has 5 nitrogen and oxygen atoms in total. The Labute approximate surface area is 174 Å².